The Morgan fingerprint density at radius 1 is 0.960 bits per heavy atom. The van der Waals surface area contributed by atoms with E-state index in [0.29, 0.717) is 6.04 Å². The second-order valence-electron chi connectivity index (χ2n) is 8.27. The van der Waals surface area contributed by atoms with E-state index in [-0.39, 0.29) is 0 Å². The van der Waals surface area contributed by atoms with Crippen molar-refractivity contribution in [2.24, 2.45) is 23.7 Å². The van der Waals surface area contributed by atoms with Crippen LogP contribution < -0.4 is 15.5 Å². The van der Waals surface area contributed by atoms with Crippen LogP contribution in [0.25, 0.3) is 0 Å². The van der Waals surface area contributed by atoms with E-state index in [1.807, 2.05) is 0 Å². The second-order valence-corrected chi connectivity index (χ2v) is 8.68. The first kappa shape index (κ1) is 17.1. The first-order valence-corrected chi connectivity index (χ1v) is 10.5. The van der Waals surface area contributed by atoms with Crippen LogP contribution >= 0.6 is 12.2 Å². The maximum atomic E-state index is 5.63. The Morgan fingerprint density at radius 3 is 2.04 bits per heavy atom. The summed E-state index contributed by atoms with van der Waals surface area (Å²) in [6, 6.07) is 9.24. The van der Waals surface area contributed by atoms with E-state index in [0.717, 1.165) is 47.6 Å². The minimum absolute atomic E-state index is 0.600. The smallest absolute Gasteiger partial charge is 0.171 e. The monoisotopic (exact) mass is 357 g/mol. The van der Waals surface area contributed by atoms with E-state index in [1.165, 1.54) is 37.8 Å². The minimum Gasteiger partial charge on any atom is -0.372 e. The van der Waals surface area contributed by atoms with Crippen molar-refractivity contribution in [3.63, 3.8) is 0 Å². The normalized spacial score (nSPS) is 32.5. The van der Waals surface area contributed by atoms with Crippen LogP contribution in [0.4, 0.5) is 11.4 Å². The van der Waals surface area contributed by atoms with Crippen molar-refractivity contribution >= 4 is 28.7 Å². The molecule has 0 aliphatic heterocycles. The summed E-state index contributed by atoms with van der Waals surface area (Å²) in [6.45, 7) is 6.46. The molecule has 4 heteroatoms. The van der Waals surface area contributed by atoms with E-state index >= 15 is 0 Å². The van der Waals surface area contributed by atoms with Crippen molar-refractivity contribution in [1.29, 1.82) is 0 Å². The van der Waals surface area contributed by atoms with Gasteiger partial charge in [0.05, 0.1) is 0 Å². The van der Waals surface area contributed by atoms with E-state index in [9.17, 15) is 0 Å². The van der Waals surface area contributed by atoms with Crippen LogP contribution in [0.3, 0.4) is 0 Å². The molecule has 5 rings (SSSR count). The number of rotatable bonds is 5. The largest absolute Gasteiger partial charge is 0.372 e. The number of benzene rings is 1. The summed E-state index contributed by atoms with van der Waals surface area (Å²) >= 11 is 5.63. The first-order valence-electron chi connectivity index (χ1n) is 10.1. The molecule has 4 bridgehead atoms. The van der Waals surface area contributed by atoms with E-state index in [1.54, 1.807) is 0 Å². The van der Waals surface area contributed by atoms with Crippen LogP contribution in [-0.4, -0.2) is 24.2 Å². The van der Waals surface area contributed by atoms with E-state index in [4.69, 9.17) is 12.2 Å². The van der Waals surface area contributed by atoms with Gasteiger partial charge in [0.1, 0.15) is 0 Å². The van der Waals surface area contributed by atoms with Gasteiger partial charge in [-0.05, 0) is 106 Å². The molecule has 0 radical (unpaired) electrons. The van der Waals surface area contributed by atoms with Gasteiger partial charge < -0.3 is 15.5 Å². The van der Waals surface area contributed by atoms with Gasteiger partial charge in [-0.25, -0.2) is 0 Å². The molecule has 1 aromatic carbocycles. The summed E-state index contributed by atoms with van der Waals surface area (Å²) in [5.74, 6) is 3.71. The molecule has 4 saturated carbocycles. The predicted molar refractivity (Wildman–Crippen MR) is 110 cm³/mol. The Kier molecular flexibility index (Phi) is 4.90. The number of nitrogens with one attached hydrogen (secondary N) is 2. The summed E-state index contributed by atoms with van der Waals surface area (Å²) in [5, 5.41) is 7.88. The predicted octanol–water partition coefficient (Wildman–Crippen LogP) is 4.64. The fraction of sp³-hybridized carbons (Fsp3) is 0.667. The van der Waals surface area contributed by atoms with Crippen molar-refractivity contribution in [2.45, 2.75) is 52.0 Å². The molecule has 0 atom stereocenters. The first-order chi connectivity index (χ1) is 12.2. The number of anilines is 2. The lowest BCUT2D eigenvalue weighted by Gasteiger charge is -2.54. The standard InChI is InChI=1S/C21H31N3S/c1-3-24(4-2)19-7-5-18(6-8-19)22-21(25)23-20-16-10-14-9-15(12-16)13-17(20)11-14/h5-8,14-17,20H,3-4,9-13H2,1-2H3,(H2,22,23,25). The van der Waals surface area contributed by atoms with Gasteiger partial charge in [-0.3, -0.25) is 0 Å². The quantitative estimate of drug-likeness (QED) is 0.751. The molecule has 25 heavy (non-hydrogen) atoms. The van der Waals surface area contributed by atoms with Crippen molar-refractivity contribution in [2.75, 3.05) is 23.3 Å². The molecule has 4 fully saturated rings. The van der Waals surface area contributed by atoms with Crippen LogP contribution in [0.5, 0.6) is 0 Å². The molecule has 2 N–H and O–H groups in total. The molecular formula is C21H31N3S. The number of nitrogens with zero attached hydrogens (tertiary/aromatic N) is 1. The molecule has 0 spiro atoms. The van der Waals surface area contributed by atoms with Gasteiger partial charge in [0.15, 0.2) is 5.11 Å². The fourth-order valence-electron chi connectivity index (χ4n) is 5.82. The van der Waals surface area contributed by atoms with Crippen LogP contribution in [0.2, 0.25) is 0 Å². The van der Waals surface area contributed by atoms with Gasteiger partial charge in [-0.1, -0.05) is 0 Å². The molecule has 0 saturated heterocycles. The Balaban J connectivity index is 1.35. The zero-order valence-corrected chi connectivity index (χ0v) is 16.3. The summed E-state index contributed by atoms with van der Waals surface area (Å²) < 4.78 is 0. The third-order valence-corrected chi connectivity index (χ3v) is 7.00. The second kappa shape index (κ2) is 7.14. The number of thiocarbonyl (C=S) groups is 1. The van der Waals surface area contributed by atoms with Gasteiger partial charge in [0, 0.05) is 30.5 Å². The van der Waals surface area contributed by atoms with Gasteiger partial charge in [0.2, 0.25) is 0 Å². The third kappa shape index (κ3) is 3.51. The van der Waals surface area contributed by atoms with Crippen molar-refractivity contribution in [3.8, 4) is 0 Å². The average molecular weight is 358 g/mol. The highest BCUT2D eigenvalue weighted by molar-refractivity contribution is 7.80. The highest BCUT2D eigenvalue weighted by atomic mass is 32.1. The topological polar surface area (TPSA) is 27.3 Å². The zero-order chi connectivity index (χ0) is 17.4. The maximum absolute atomic E-state index is 5.63. The molecular weight excluding hydrogens is 326 g/mol. The maximum Gasteiger partial charge on any atom is 0.171 e. The van der Waals surface area contributed by atoms with Gasteiger partial charge in [-0.15, -0.1) is 0 Å². The average Bonchev–Trinajstić information content (AvgIpc) is 2.60. The molecule has 136 valence electrons. The lowest BCUT2D eigenvalue weighted by molar-refractivity contribution is -0.00665. The van der Waals surface area contributed by atoms with Gasteiger partial charge in [-0.2, -0.15) is 0 Å². The summed E-state index contributed by atoms with van der Waals surface area (Å²) in [6.07, 6.45) is 7.19. The molecule has 4 aliphatic rings. The summed E-state index contributed by atoms with van der Waals surface area (Å²) in [4.78, 5) is 2.36. The summed E-state index contributed by atoms with van der Waals surface area (Å²) in [7, 11) is 0. The Hall–Kier alpha value is -1.29. The lowest BCUT2D eigenvalue weighted by atomic mass is 9.54. The molecule has 3 nitrogen and oxygen atoms in total. The van der Waals surface area contributed by atoms with Crippen LogP contribution in [0.15, 0.2) is 24.3 Å². The molecule has 1 aromatic rings. The van der Waals surface area contributed by atoms with Crippen LogP contribution in [0, 0.1) is 23.7 Å². The Bertz CT molecular complexity index is 580. The Labute approximate surface area is 157 Å². The molecule has 0 heterocycles. The lowest BCUT2D eigenvalue weighted by Crippen LogP contribution is -2.56. The fourth-order valence-corrected chi connectivity index (χ4v) is 6.08. The molecule has 0 amide bonds. The van der Waals surface area contributed by atoms with Gasteiger partial charge in [0.25, 0.3) is 0 Å². The highest BCUT2D eigenvalue weighted by Crippen LogP contribution is 2.53. The molecule has 0 aromatic heterocycles. The summed E-state index contributed by atoms with van der Waals surface area (Å²) in [5.41, 5.74) is 2.35. The number of hydrogen-bond acceptors (Lipinski definition) is 2. The van der Waals surface area contributed by atoms with Crippen molar-refractivity contribution < 1.29 is 0 Å². The van der Waals surface area contributed by atoms with E-state index < -0.39 is 0 Å². The van der Waals surface area contributed by atoms with Crippen molar-refractivity contribution in [1.82, 2.24) is 5.32 Å². The minimum atomic E-state index is 0.600. The highest BCUT2D eigenvalue weighted by Gasteiger charge is 2.48. The SMILES string of the molecule is CCN(CC)c1ccc(NC(=S)NC2C3CC4CC(C3)CC2C4)cc1. The molecule has 4 aliphatic carbocycles. The zero-order valence-electron chi connectivity index (χ0n) is 15.5. The molecule has 0 unspecified atom stereocenters. The van der Waals surface area contributed by atoms with Crippen LogP contribution in [-0.2, 0) is 0 Å². The van der Waals surface area contributed by atoms with E-state index in [2.05, 4.69) is 53.6 Å². The van der Waals surface area contributed by atoms with Crippen molar-refractivity contribution in [3.05, 3.63) is 24.3 Å². The van der Waals surface area contributed by atoms with Crippen LogP contribution in [0.1, 0.15) is 46.0 Å². The third-order valence-electron chi connectivity index (χ3n) is 6.78. The van der Waals surface area contributed by atoms with Gasteiger partial charge >= 0.3 is 0 Å². The Morgan fingerprint density at radius 2 is 1.52 bits per heavy atom. The number of hydrogen-bond donors (Lipinski definition) is 2.